The minimum Gasteiger partial charge on any atom is -0.497 e. The number of ether oxygens (including phenoxy) is 2. The van der Waals surface area contributed by atoms with Crippen molar-refractivity contribution in [2.75, 3.05) is 30.2 Å². The molecule has 1 aliphatic heterocycles. The van der Waals surface area contributed by atoms with Gasteiger partial charge in [-0.3, -0.25) is 4.79 Å². The maximum atomic E-state index is 13.5. The minimum atomic E-state index is -4.65. The van der Waals surface area contributed by atoms with E-state index in [0.29, 0.717) is 28.4 Å². The largest absolute Gasteiger partial charge is 0.497 e. The maximum absolute atomic E-state index is 13.5. The molecule has 2 heterocycles. The van der Waals surface area contributed by atoms with E-state index in [9.17, 15) is 18.0 Å². The van der Waals surface area contributed by atoms with Gasteiger partial charge in [-0.25, -0.2) is 4.98 Å². The molecule has 0 atom stereocenters. The Hall–Kier alpha value is -4.02. The normalized spacial score (nSPS) is 12.7. The second-order valence-electron chi connectivity index (χ2n) is 7.25. The third kappa shape index (κ3) is 5.08. The van der Waals surface area contributed by atoms with Crippen LogP contribution in [0.1, 0.15) is 16.7 Å². The lowest BCUT2D eigenvalue weighted by Gasteiger charge is -2.16. The van der Waals surface area contributed by atoms with E-state index in [1.165, 1.54) is 14.2 Å². The summed E-state index contributed by atoms with van der Waals surface area (Å²) < 4.78 is 51.0. The topological polar surface area (TPSA) is 97.4 Å². The fourth-order valence-corrected chi connectivity index (χ4v) is 3.36. The number of carbonyl (C=O) groups excluding carboxylic acids is 1. The zero-order valence-electron chi connectivity index (χ0n) is 17.7. The number of hydrogen-bond acceptors (Lipinski definition) is 7. The molecule has 0 aliphatic carbocycles. The summed E-state index contributed by atoms with van der Waals surface area (Å²) >= 11 is 0. The predicted molar refractivity (Wildman–Crippen MR) is 116 cm³/mol. The molecule has 3 aromatic rings. The third-order valence-electron chi connectivity index (χ3n) is 4.96. The summed E-state index contributed by atoms with van der Waals surface area (Å²) in [5, 5.41) is 8.33. The fraction of sp³-hybridized carbons (Fsp3) is 0.227. The molecule has 0 radical (unpaired) electrons. The van der Waals surface area contributed by atoms with Crippen LogP contribution in [0.5, 0.6) is 11.5 Å². The van der Waals surface area contributed by atoms with Crippen LogP contribution in [0.3, 0.4) is 0 Å². The zero-order valence-corrected chi connectivity index (χ0v) is 17.7. The first-order valence-corrected chi connectivity index (χ1v) is 9.85. The summed E-state index contributed by atoms with van der Waals surface area (Å²) in [6.45, 7) is 0.0397. The summed E-state index contributed by atoms with van der Waals surface area (Å²) in [6.07, 6.45) is -3.64. The minimum absolute atomic E-state index is 0.0296. The number of alkyl halides is 3. The van der Waals surface area contributed by atoms with Gasteiger partial charge in [0.15, 0.2) is 0 Å². The van der Waals surface area contributed by atoms with E-state index in [0.717, 1.165) is 11.8 Å². The van der Waals surface area contributed by atoms with Crippen molar-refractivity contribution in [3.8, 4) is 11.5 Å². The van der Waals surface area contributed by atoms with Gasteiger partial charge >= 0.3 is 6.18 Å². The van der Waals surface area contributed by atoms with Crippen molar-refractivity contribution in [2.24, 2.45) is 0 Å². The Bertz CT molecular complexity index is 1180. The molecule has 0 fully saturated rings. The number of aromatic nitrogens is 2. The first-order valence-electron chi connectivity index (χ1n) is 9.85. The first kappa shape index (κ1) is 22.2. The number of fused-ring (bicyclic) bond motifs is 1. The lowest BCUT2D eigenvalue weighted by atomic mass is 10.1. The van der Waals surface area contributed by atoms with Gasteiger partial charge < -0.3 is 25.4 Å². The highest BCUT2D eigenvalue weighted by molar-refractivity contribution is 5.99. The average Bonchev–Trinajstić information content (AvgIpc) is 3.16. The van der Waals surface area contributed by atoms with Gasteiger partial charge in [-0.1, -0.05) is 6.07 Å². The molecule has 1 amide bonds. The van der Waals surface area contributed by atoms with Crippen LogP contribution in [0.15, 0.2) is 42.6 Å². The number of amides is 1. The van der Waals surface area contributed by atoms with Crippen LogP contribution in [0.2, 0.25) is 0 Å². The van der Waals surface area contributed by atoms with Crippen molar-refractivity contribution in [3.05, 3.63) is 59.3 Å². The number of nitrogens with zero attached hydrogens (tertiary/aromatic N) is 2. The summed E-state index contributed by atoms with van der Waals surface area (Å²) in [4.78, 5) is 19.4. The van der Waals surface area contributed by atoms with Crippen LogP contribution < -0.4 is 25.4 Å². The standard InChI is InChI=1S/C22H20F3N5O3/c1-32-15-5-12(6-16(9-15)33-2)10-26-20-17(22(23,24)25)11-27-21(30-20)28-14-4-3-13-7-19(31)29-18(13)8-14/h3-6,8-9,11H,7,10H2,1-2H3,(H,29,31)(H2,26,27,28,30). The lowest BCUT2D eigenvalue weighted by molar-refractivity contribution is -0.137. The van der Waals surface area contributed by atoms with Crippen molar-refractivity contribution in [1.29, 1.82) is 0 Å². The molecule has 1 aliphatic rings. The van der Waals surface area contributed by atoms with Gasteiger partial charge in [0.05, 0.1) is 20.6 Å². The number of hydrogen-bond donors (Lipinski definition) is 3. The Kier molecular flexibility index (Phi) is 5.95. The van der Waals surface area contributed by atoms with Crippen LogP contribution in [0.25, 0.3) is 0 Å². The lowest BCUT2D eigenvalue weighted by Crippen LogP contribution is -2.14. The van der Waals surface area contributed by atoms with Gasteiger partial charge in [0.1, 0.15) is 22.9 Å². The molecule has 8 nitrogen and oxygen atoms in total. The Morgan fingerprint density at radius 2 is 1.82 bits per heavy atom. The molecule has 33 heavy (non-hydrogen) atoms. The highest BCUT2D eigenvalue weighted by Gasteiger charge is 2.35. The Morgan fingerprint density at radius 1 is 1.09 bits per heavy atom. The average molecular weight is 459 g/mol. The summed E-state index contributed by atoms with van der Waals surface area (Å²) in [5.41, 5.74) is 1.65. The molecule has 1 aromatic heterocycles. The highest BCUT2D eigenvalue weighted by Crippen LogP contribution is 2.35. The van der Waals surface area contributed by atoms with Crippen molar-refractivity contribution in [1.82, 2.24) is 9.97 Å². The van der Waals surface area contributed by atoms with Crippen molar-refractivity contribution >= 4 is 29.0 Å². The van der Waals surface area contributed by atoms with Crippen LogP contribution in [-0.4, -0.2) is 30.1 Å². The highest BCUT2D eigenvalue weighted by atomic mass is 19.4. The molecular weight excluding hydrogens is 439 g/mol. The number of rotatable bonds is 7. The number of benzene rings is 2. The van der Waals surface area contributed by atoms with E-state index in [1.807, 2.05) is 0 Å². The molecule has 0 unspecified atom stereocenters. The van der Waals surface area contributed by atoms with E-state index >= 15 is 0 Å². The van der Waals surface area contributed by atoms with Crippen LogP contribution in [-0.2, 0) is 23.9 Å². The van der Waals surface area contributed by atoms with Gasteiger partial charge in [0, 0.05) is 30.2 Å². The van der Waals surface area contributed by atoms with Gasteiger partial charge in [0.25, 0.3) is 0 Å². The molecule has 11 heteroatoms. The van der Waals surface area contributed by atoms with Crippen LogP contribution in [0.4, 0.5) is 36.3 Å². The summed E-state index contributed by atoms with van der Waals surface area (Å²) in [5.74, 6) is 0.495. The molecule has 0 saturated heterocycles. The van der Waals surface area contributed by atoms with Gasteiger partial charge in [0.2, 0.25) is 11.9 Å². The van der Waals surface area contributed by atoms with Gasteiger partial charge in [-0.05, 0) is 35.4 Å². The molecule has 2 aromatic carbocycles. The van der Waals surface area contributed by atoms with Gasteiger partial charge in [-0.15, -0.1) is 0 Å². The maximum Gasteiger partial charge on any atom is 0.421 e. The van der Waals surface area contributed by atoms with Crippen LogP contribution in [0, 0.1) is 0 Å². The first-order chi connectivity index (χ1) is 15.7. The molecule has 3 N–H and O–H groups in total. The van der Waals surface area contributed by atoms with Crippen molar-refractivity contribution in [2.45, 2.75) is 19.1 Å². The quantitative estimate of drug-likeness (QED) is 0.483. The SMILES string of the molecule is COc1cc(CNc2nc(Nc3ccc4c(c3)NC(=O)C4)ncc2C(F)(F)F)cc(OC)c1. The van der Waals surface area contributed by atoms with Crippen molar-refractivity contribution in [3.63, 3.8) is 0 Å². The van der Waals surface area contributed by atoms with E-state index < -0.39 is 11.7 Å². The molecule has 0 saturated carbocycles. The van der Waals surface area contributed by atoms with Gasteiger partial charge in [-0.2, -0.15) is 18.2 Å². The Morgan fingerprint density at radius 3 is 2.48 bits per heavy atom. The molecular formula is C22H20F3N5O3. The van der Waals surface area contributed by atoms with E-state index in [2.05, 4.69) is 25.9 Å². The van der Waals surface area contributed by atoms with E-state index in [-0.39, 0.29) is 30.6 Å². The second-order valence-corrected chi connectivity index (χ2v) is 7.25. The Labute approximate surface area is 187 Å². The zero-order chi connectivity index (χ0) is 23.6. The number of methoxy groups -OCH3 is 2. The molecule has 4 rings (SSSR count). The number of carbonyl (C=O) groups is 1. The fourth-order valence-electron chi connectivity index (χ4n) is 3.36. The predicted octanol–water partition coefficient (Wildman–Crippen LogP) is 4.36. The second kappa shape index (κ2) is 8.85. The molecule has 0 spiro atoms. The summed E-state index contributed by atoms with van der Waals surface area (Å²) in [7, 11) is 2.97. The summed E-state index contributed by atoms with van der Waals surface area (Å²) in [6, 6.07) is 10.2. The molecule has 172 valence electrons. The number of halogens is 3. The monoisotopic (exact) mass is 459 g/mol. The third-order valence-corrected chi connectivity index (χ3v) is 4.96. The van der Waals surface area contributed by atoms with E-state index in [1.54, 1.807) is 36.4 Å². The smallest absolute Gasteiger partial charge is 0.421 e. The molecule has 0 bridgehead atoms. The number of anilines is 4. The van der Waals surface area contributed by atoms with Crippen LogP contribution >= 0.6 is 0 Å². The van der Waals surface area contributed by atoms with Crippen molar-refractivity contribution < 1.29 is 27.4 Å². The van der Waals surface area contributed by atoms with E-state index in [4.69, 9.17) is 9.47 Å². The Balaban J connectivity index is 1.58. The number of nitrogens with one attached hydrogen (secondary N) is 3.